The zero-order chi connectivity index (χ0) is 21.7. The van der Waals surface area contributed by atoms with E-state index in [1.807, 2.05) is 30.3 Å². The second kappa shape index (κ2) is 9.17. The lowest BCUT2D eigenvalue weighted by molar-refractivity contribution is -0.141. The summed E-state index contributed by atoms with van der Waals surface area (Å²) in [6, 6.07) is 13.0. The Kier molecular flexibility index (Phi) is 6.61. The summed E-state index contributed by atoms with van der Waals surface area (Å²) in [5, 5.41) is 2.83. The van der Waals surface area contributed by atoms with Gasteiger partial charge in [0.25, 0.3) is 5.91 Å². The molecule has 2 N–H and O–H groups in total. The van der Waals surface area contributed by atoms with Gasteiger partial charge in [-0.2, -0.15) is 0 Å². The molecule has 0 saturated carbocycles. The number of methoxy groups -OCH3 is 1. The van der Waals surface area contributed by atoms with Gasteiger partial charge in [-0.3, -0.25) is 14.3 Å². The van der Waals surface area contributed by atoms with Gasteiger partial charge in [-0.25, -0.2) is 8.42 Å². The van der Waals surface area contributed by atoms with Gasteiger partial charge >= 0.3 is 0 Å². The van der Waals surface area contributed by atoms with Crippen molar-refractivity contribution in [3.8, 4) is 5.75 Å². The van der Waals surface area contributed by atoms with Crippen LogP contribution in [-0.2, 0) is 19.6 Å². The van der Waals surface area contributed by atoms with Crippen molar-refractivity contribution < 1.29 is 22.7 Å². The molecule has 8 nitrogen and oxygen atoms in total. The molecule has 3 rings (SSSR count). The lowest BCUT2D eigenvalue weighted by Gasteiger charge is -2.34. The summed E-state index contributed by atoms with van der Waals surface area (Å²) in [6.07, 6.45) is 3.14. The third kappa shape index (κ3) is 5.29. The van der Waals surface area contributed by atoms with Gasteiger partial charge in [-0.05, 0) is 30.5 Å². The fraction of sp³-hybridized carbons (Fsp3) is 0.333. The van der Waals surface area contributed by atoms with Crippen LogP contribution in [0.2, 0.25) is 0 Å². The number of likely N-dealkylation sites (tertiary alicyclic amines) is 1. The second-order valence-electron chi connectivity index (χ2n) is 7.14. The number of hydrogen-bond acceptors (Lipinski definition) is 5. The molecule has 0 radical (unpaired) electrons. The molecule has 1 saturated heterocycles. The van der Waals surface area contributed by atoms with Gasteiger partial charge in [-0.1, -0.05) is 30.3 Å². The van der Waals surface area contributed by atoms with Crippen molar-refractivity contribution in [2.75, 3.05) is 29.9 Å². The zero-order valence-electron chi connectivity index (χ0n) is 16.9. The molecule has 160 valence electrons. The fourth-order valence-corrected chi connectivity index (χ4v) is 4.04. The number of nitrogens with one attached hydrogen (secondary N) is 2. The van der Waals surface area contributed by atoms with E-state index >= 15 is 0 Å². The number of hydrogen-bond donors (Lipinski definition) is 2. The van der Waals surface area contributed by atoms with Crippen LogP contribution < -0.4 is 14.8 Å². The molecule has 1 heterocycles. The minimum Gasteiger partial charge on any atom is -0.494 e. The van der Waals surface area contributed by atoms with E-state index in [1.165, 1.54) is 19.2 Å². The summed E-state index contributed by atoms with van der Waals surface area (Å²) in [4.78, 5) is 27.3. The molecule has 1 unspecified atom stereocenters. The van der Waals surface area contributed by atoms with E-state index in [0.29, 0.717) is 18.7 Å². The first-order valence-corrected chi connectivity index (χ1v) is 11.5. The Balaban J connectivity index is 1.88. The summed E-state index contributed by atoms with van der Waals surface area (Å²) >= 11 is 0. The Labute approximate surface area is 176 Å². The van der Waals surface area contributed by atoms with E-state index in [-0.39, 0.29) is 23.3 Å². The maximum absolute atomic E-state index is 13.2. The number of anilines is 2. The molecule has 0 spiro atoms. The first kappa shape index (κ1) is 21.6. The predicted octanol–water partition coefficient (Wildman–Crippen LogP) is 2.76. The maximum Gasteiger partial charge on any atom is 0.251 e. The van der Waals surface area contributed by atoms with Crippen molar-refractivity contribution in [2.45, 2.75) is 25.3 Å². The highest BCUT2D eigenvalue weighted by atomic mass is 32.2. The van der Waals surface area contributed by atoms with E-state index in [0.717, 1.165) is 24.7 Å². The van der Waals surface area contributed by atoms with Gasteiger partial charge in [0, 0.05) is 24.7 Å². The van der Waals surface area contributed by atoms with Crippen LogP contribution in [0.3, 0.4) is 0 Å². The molecule has 0 aromatic heterocycles. The second-order valence-corrected chi connectivity index (χ2v) is 8.88. The fourth-order valence-electron chi connectivity index (χ4n) is 3.47. The Bertz CT molecular complexity index is 1020. The molecule has 30 heavy (non-hydrogen) atoms. The predicted molar refractivity (Wildman–Crippen MR) is 115 cm³/mol. The van der Waals surface area contributed by atoms with Crippen molar-refractivity contribution in [3.63, 3.8) is 0 Å². The minimum atomic E-state index is -3.48. The molecule has 1 fully saturated rings. The number of amides is 2. The van der Waals surface area contributed by atoms with Gasteiger partial charge in [0.05, 0.1) is 19.1 Å². The minimum absolute atomic E-state index is 0.0458. The van der Waals surface area contributed by atoms with Gasteiger partial charge < -0.3 is 15.0 Å². The molecule has 2 aromatic carbocycles. The zero-order valence-corrected chi connectivity index (χ0v) is 17.7. The van der Waals surface area contributed by atoms with Crippen LogP contribution in [0.15, 0.2) is 48.5 Å². The smallest absolute Gasteiger partial charge is 0.251 e. The van der Waals surface area contributed by atoms with Crippen LogP contribution in [0, 0.1) is 0 Å². The highest BCUT2D eigenvalue weighted by molar-refractivity contribution is 7.92. The number of piperidine rings is 1. The van der Waals surface area contributed by atoms with Crippen LogP contribution in [0.5, 0.6) is 5.75 Å². The van der Waals surface area contributed by atoms with E-state index in [9.17, 15) is 18.0 Å². The number of nitrogens with zero attached hydrogens (tertiary/aromatic N) is 1. The van der Waals surface area contributed by atoms with Crippen LogP contribution in [0.1, 0.15) is 30.9 Å². The average Bonchev–Trinajstić information content (AvgIpc) is 2.70. The van der Waals surface area contributed by atoms with Crippen molar-refractivity contribution in [2.24, 2.45) is 0 Å². The van der Waals surface area contributed by atoms with E-state index in [1.54, 1.807) is 11.0 Å². The lowest BCUT2D eigenvalue weighted by atomic mass is 10.0. The summed E-state index contributed by atoms with van der Waals surface area (Å²) in [6.45, 7) is 0.520. The first-order valence-electron chi connectivity index (χ1n) is 9.59. The molecule has 2 amide bonds. The molecule has 0 aliphatic carbocycles. The molecule has 1 aliphatic heterocycles. The van der Waals surface area contributed by atoms with Crippen LogP contribution in [0.4, 0.5) is 11.4 Å². The summed E-state index contributed by atoms with van der Waals surface area (Å²) in [7, 11) is -2.07. The Morgan fingerprint density at radius 2 is 1.87 bits per heavy atom. The van der Waals surface area contributed by atoms with E-state index in [2.05, 4.69) is 10.0 Å². The molecular weight excluding hydrogens is 406 g/mol. The summed E-state index contributed by atoms with van der Waals surface area (Å²) < 4.78 is 30.6. The standard InChI is InChI=1S/C21H25N3O5S/c1-29-18-14-16(11-12-17(18)23-30(2,27)28)22-21(26)20(15-8-4-3-5-9-15)24-13-7-6-10-19(24)25/h3-5,8-9,11-12,14,20,23H,6-7,10,13H2,1-2H3,(H,22,26). The van der Waals surface area contributed by atoms with Gasteiger partial charge in [0.15, 0.2) is 0 Å². The van der Waals surface area contributed by atoms with Gasteiger partial charge in [0.1, 0.15) is 11.8 Å². The first-order chi connectivity index (χ1) is 14.3. The number of benzene rings is 2. The van der Waals surface area contributed by atoms with Gasteiger partial charge in [-0.15, -0.1) is 0 Å². The summed E-state index contributed by atoms with van der Waals surface area (Å²) in [5.41, 5.74) is 1.43. The van der Waals surface area contributed by atoms with E-state index in [4.69, 9.17) is 4.74 Å². The van der Waals surface area contributed by atoms with Crippen molar-refractivity contribution in [1.29, 1.82) is 0 Å². The highest BCUT2D eigenvalue weighted by Gasteiger charge is 2.32. The average molecular weight is 432 g/mol. The number of ether oxygens (including phenoxy) is 1. The Morgan fingerprint density at radius 3 is 2.50 bits per heavy atom. The van der Waals surface area contributed by atoms with Crippen LogP contribution in [-0.4, -0.2) is 45.0 Å². The maximum atomic E-state index is 13.2. The van der Waals surface area contributed by atoms with Crippen LogP contribution in [0.25, 0.3) is 0 Å². The summed E-state index contributed by atoms with van der Waals surface area (Å²) in [5.74, 6) is -0.124. The number of rotatable bonds is 7. The van der Waals surface area contributed by atoms with Crippen molar-refractivity contribution >= 4 is 33.2 Å². The third-order valence-electron chi connectivity index (χ3n) is 4.80. The molecule has 9 heteroatoms. The Morgan fingerprint density at radius 1 is 1.13 bits per heavy atom. The number of sulfonamides is 1. The third-order valence-corrected chi connectivity index (χ3v) is 5.39. The number of carbonyl (C=O) groups excluding carboxylic acids is 2. The van der Waals surface area contributed by atoms with Gasteiger partial charge in [0.2, 0.25) is 15.9 Å². The molecule has 2 aromatic rings. The molecule has 0 bridgehead atoms. The number of carbonyl (C=O) groups is 2. The highest BCUT2D eigenvalue weighted by Crippen LogP contribution is 2.31. The Hall–Kier alpha value is -3.07. The molecular formula is C21H25N3O5S. The quantitative estimate of drug-likeness (QED) is 0.701. The van der Waals surface area contributed by atoms with Crippen LogP contribution >= 0.6 is 0 Å². The van der Waals surface area contributed by atoms with Crippen molar-refractivity contribution in [1.82, 2.24) is 4.90 Å². The monoisotopic (exact) mass is 431 g/mol. The largest absolute Gasteiger partial charge is 0.494 e. The normalized spacial score (nSPS) is 15.4. The lowest BCUT2D eigenvalue weighted by Crippen LogP contribution is -2.43. The van der Waals surface area contributed by atoms with Crippen molar-refractivity contribution in [3.05, 3.63) is 54.1 Å². The SMILES string of the molecule is COc1cc(NC(=O)C(c2ccccc2)N2CCCCC2=O)ccc1NS(C)(=O)=O. The van der Waals surface area contributed by atoms with E-state index < -0.39 is 16.1 Å². The molecule has 1 aliphatic rings. The molecule has 1 atom stereocenters. The topological polar surface area (TPSA) is 105 Å².